The SMILES string of the molecule is CC(C)SCC(=O)Nc1ccccc1C#N. The molecule has 16 heavy (non-hydrogen) atoms. The summed E-state index contributed by atoms with van der Waals surface area (Å²) >= 11 is 1.58. The van der Waals surface area contributed by atoms with Crippen LogP contribution in [0.15, 0.2) is 24.3 Å². The van der Waals surface area contributed by atoms with Gasteiger partial charge in [-0.05, 0) is 17.4 Å². The molecule has 0 saturated heterocycles. The average molecular weight is 234 g/mol. The van der Waals surface area contributed by atoms with E-state index in [4.69, 9.17) is 5.26 Å². The van der Waals surface area contributed by atoms with E-state index >= 15 is 0 Å². The van der Waals surface area contributed by atoms with Crippen LogP contribution in [0.25, 0.3) is 0 Å². The molecule has 1 aromatic carbocycles. The van der Waals surface area contributed by atoms with Crippen molar-refractivity contribution in [3.63, 3.8) is 0 Å². The molecular formula is C12H14N2OS. The molecule has 0 spiro atoms. The first-order valence-corrected chi connectivity index (χ1v) is 6.09. The summed E-state index contributed by atoms with van der Waals surface area (Å²) in [6.07, 6.45) is 0. The lowest BCUT2D eigenvalue weighted by Crippen LogP contribution is -2.15. The lowest BCUT2D eigenvalue weighted by Gasteiger charge is -2.07. The van der Waals surface area contributed by atoms with Gasteiger partial charge in [-0.25, -0.2) is 0 Å². The fourth-order valence-corrected chi connectivity index (χ4v) is 1.68. The Morgan fingerprint density at radius 3 is 2.81 bits per heavy atom. The number of nitrogens with one attached hydrogen (secondary N) is 1. The van der Waals surface area contributed by atoms with Crippen LogP contribution in [0.2, 0.25) is 0 Å². The van der Waals surface area contributed by atoms with Crippen LogP contribution < -0.4 is 5.32 Å². The lowest BCUT2D eigenvalue weighted by molar-refractivity contribution is -0.113. The standard InChI is InChI=1S/C12H14N2OS/c1-9(2)16-8-12(15)14-11-6-4-3-5-10(11)7-13/h3-6,9H,8H2,1-2H3,(H,14,15). The van der Waals surface area contributed by atoms with E-state index in [0.29, 0.717) is 22.3 Å². The highest BCUT2D eigenvalue weighted by molar-refractivity contribution is 8.00. The molecule has 3 nitrogen and oxygen atoms in total. The van der Waals surface area contributed by atoms with Crippen LogP contribution in [0.1, 0.15) is 19.4 Å². The van der Waals surface area contributed by atoms with Gasteiger partial charge in [0.1, 0.15) is 6.07 Å². The molecular weight excluding hydrogens is 220 g/mol. The first-order chi connectivity index (χ1) is 7.63. The van der Waals surface area contributed by atoms with Crippen molar-refractivity contribution in [2.75, 3.05) is 11.1 Å². The van der Waals surface area contributed by atoms with Gasteiger partial charge in [0.2, 0.25) is 5.91 Å². The molecule has 0 aliphatic carbocycles. The molecule has 1 rings (SSSR count). The number of rotatable bonds is 4. The Hall–Kier alpha value is -1.47. The van der Waals surface area contributed by atoms with Gasteiger partial charge in [0.05, 0.1) is 17.0 Å². The van der Waals surface area contributed by atoms with Gasteiger partial charge in [-0.1, -0.05) is 26.0 Å². The summed E-state index contributed by atoms with van der Waals surface area (Å²) in [7, 11) is 0. The third-order valence-electron chi connectivity index (χ3n) is 1.87. The van der Waals surface area contributed by atoms with Crippen LogP contribution in [0, 0.1) is 11.3 Å². The Kier molecular flexibility index (Phi) is 4.87. The molecule has 0 heterocycles. The summed E-state index contributed by atoms with van der Waals surface area (Å²) < 4.78 is 0. The van der Waals surface area contributed by atoms with Gasteiger partial charge in [-0.3, -0.25) is 4.79 Å². The van der Waals surface area contributed by atoms with Crippen LogP contribution in [-0.2, 0) is 4.79 Å². The first kappa shape index (κ1) is 12.6. The highest BCUT2D eigenvalue weighted by atomic mass is 32.2. The summed E-state index contributed by atoms with van der Waals surface area (Å²) in [6, 6.07) is 9.04. The minimum absolute atomic E-state index is 0.0681. The molecule has 0 radical (unpaired) electrons. The number of thioether (sulfide) groups is 1. The van der Waals surface area contributed by atoms with Crippen LogP contribution in [0.3, 0.4) is 0 Å². The van der Waals surface area contributed by atoms with Crippen LogP contribution >= 0.6 is 11.8 Å². The largest absolute Gasteiger partial charge is 0.324 e. The smallest absolute Gasteiger partial charge is 0.234 e. The second-order valence-electron chi connectivity index (χ2n) is 3.57. The molecule has 1 N–H and O–H groups in total. The number of nitrogens with zero attached hydrogens (tertiary/aromatic N) is 1. The molecule has 0 aliphatic rings. The number of benzene rings is 1. The molecule has 1 amide bonds. The molecule has 0 fully saturated rings. The topological polar surface area (TPSA) is 52.9 Å². The Morgan fingerprint density at radius 2 is 2.19 bits per heavy atom. The monoisotopic (exact) mass is 234 g/mol. The maximum Gasteiger partial charge on any atom is 0.234 e. The maximum atomic E-state index is 11.5. The lowest BCUT2D eigenvalue weighted by atomic mass is 10.2. The van der Waals surface area contributed by atoms with E-state index < -0.39 is 0 Å². The number of hydrogen-bond acceptors (Lipinski definition) is 3. The van der Waals surface area contributed by atoms with Crippen molar-refractivity contribution in [1.29, 1.82) is 5.26 Å². The molecule has 0 aliphatic heterocycles. The predicted molar refractivity (Wildman–Crippen MR) is 67.4 cm³/mol. The number of hydrogen-bond donors (Lipinski definition) is 1. The third kappa shape index (κ3) is 3.95. The van der Waals surface area contributed by atoms with E-state index in [1.807, 2.05) is 19.9 Å². The second-order valence-corrected chi connectivity index (χ2v) is 5.13. The quantitative estimate of drug-likeness (QED) is 0.871. The predicted octanol–water partition coefficient (Wildman–Crippen LogP) is 2.64. The molecule has 0 aromatic heterocycles. The molecule has 84 valence electrons. The summed E-state index contributed by atoms with van der Waals surface area (Å²) in [6.45, 7) is 4.09. The fraction of sp³-hybridized carbons (Fsp3) is 0.333. The van der Waals surface area contributed by atoms with Gasteiger partial charge in [-0.2, -0.15) is 5.26 Å². The number of nitriles is 1. The van der Waals surface area contributed by atoms with E-state index in [2.05, 4.69) is 5.32 Å². The van der Waals surface area contributed by atoms with Crippen LogP contribution in [0.5, 0.6) is 0 Å². The van der Waals surface area contributed by atoms with Crippen molar-refractivity contribution < 1.29 is 4.79 Å². The van der Waals surface area contributed by atoms with Crippen molar-refractivity contribution >= 4 is 23.4 Å². The van der Waals surface area contributed by atoms with Gasteiger partial charge in [0, 0.05) is 0 Å². The maximum absolute atomic E-state index is 11.5. The fourth-order valence-electron chi connectivity index (χ4n) is 1.12. The zero-order chi connectivity index (χ0) is 12.0. The third-order valence-corrected chi connectivity index (χ3v) is 2.96. The zero-order valence-electron chi connectivity index (χ0n) is 9.36. The Labute approximate surface area is 99.8 Å². The van der Waals surface area contributed by atoms with Crippen molar-refractivity contribution in [3.8, 4) is 6.07 Å². The van der Waals surface area contributed by atoms with E-state index in [9.17, 15) is 4.79 Å². The van der Waals surface area contributed by atoms with E-state index in [-0.39, 0.29) is 5.91 Å². The molecule has 0 unspecified atom stereocenters. The summed E-state index contributed by atoms with van der Waals surface area (Å²) in [5.74, 6) is 0.346. The highest BCUT2D eigenvalue weighted by Gasteiger charge is 2.06. The summed E-state index contributed by atoms with van der Waals surface area (Å²) in [5.41, 5.74) is 1.07. The molecule has 0 bridgehead atoms. The molecule has 0 atom stereocenters. The summed E-state index contributed by atoms with van der Waals surface area (Å²) in [5, 5.41) is 12.0. The van der Waals surface area contributed by atoms with Crippen molar-refractivity contribution in [3.05, 3.63) is 29.8 Å². The van der Waals surface area contributed by atoms with Gasteiger partial charge >= 0.3 is 0 Å². The van der Waals surface area contributed by atoms with Gasteiger partial charge in [0.25, 0.3) is 0 Å². The Morgan fingerprint density at radius 1 is 1.50 bits per heavy atom. The number of amides is 1. The average Bonchev–Trinajstić information content (AvgIpc) is 2.27. The molecule has 0 saturated carbocycles. The van der Waals surface area contributed by atoms with Crippen molar-refractivity contribution in [2.45, 2.75) is 19.1 Å². The Balaban J connectivity index is 2.60. The Bertz CT molecular complexity index is 410. The van der Waals surface area contributed by atoms with Crippen molar-refractivity contribution in [1.82, 2.24) is 0 Å². The molecule has 4 heteroatoms. The van der Waals surface area contributed by atoms with Gasteiger partial charge in [0.15, 0.2) is 0 Å². The van der Waals surface area contributed by atoms with E-state index in [0.717, 1.165) is 0 Å². The van der Waals surface area contributed by atoms with Crippen LogP contribution in [0.4, 0.5) is 5.69 Å². The number of para-hydroxylation sites is 1. The number of carbonyl (C=O) groups is 1. The van der Waals surface area contributed by atoms with E-state index in [1.54, 1.807) is 36.0 Å². The minimum atomic E-state index is -0.0681. The number of anilines is 1. The van der Waals surface area contributed by atoms with Gasteiger partial charge < -0.3 is 5.32 Å². The second kappa shape index (κ2) is 6.19. The normalized spacial score (nSPS) is 9.88. The first-order valence-electron chi connectivity index (χ1n) is 5.04. The van der Waals surface area contributed by atoms with Gasteiger partial charge in [-0.15, -0.1) is 11.8 Å². The molecule has 1 aromatic rings. The van der Waals surface area contributed by atoms with E-state index in [1.165, 1.54) is 0 Å². The minimum Gasteiger partial charge on any atom is -0.324 e. The zero-order valence-corrected chi connectivity index (χ0v) is 10.2. The highest BCUT2D eigenvalue weighted by Crippen LogP contribution is 2.15. The van der Waals surface area contributed by atoms with Crippen molar-refractivity contribution in [2.24, 2.45) is 0 Å². The van der Waals surface area contributed by atoms with Crippen LogP contribution in [-0.4, -0.2) is 16.9 Å². The summed E-state index contributed by atoms with van der Waals surface area (Å²) in [4.78, 5) is 11.5. The number of carbonyl (C=O) groups excluding carboxylic acids is 1.